The molecular weight excluding hydrogens is 296 g/mol. The second-order valence-electron chi connectivity index (χ2n) is 5.52. The van der Waals surface area contributed by atoms with Crippen molar-refractivity contribution in [3.05, 3.63) is 42.2 Å². The molecule has 1 fully saturated rings. The van der Waals surface area contributed by atoms with Gasteiger partial charge in [-0.15, -0.1) is 0 Å². The molecule has 7 nitrogen and oxygen atoms in total. The van der Waals surface area contributed by atoms with Crippen LogP contribution in [0.15, 0.2) is 36.5 Å². The largest absolute Gasteiger partial charge is 0.497 e. The third-order valence-corrected chi connectivity index (χ3v) is 3.85. The van der Waals surface area contributed by atoms with E-state index in [1.54, 1.807) is 11.8 Å². The van der Waals surface area contributed by atoms with E-state index in [1.165, 1.54) is 0 Å². The van der Waals surface area contributed by atoms with Crippen LogP contribution in [0.1, 0.15) is 12.1 Å². The maximum Gasteiger partial charge on any atom is 0.237 e. The van der Waals surface area contributed by atoms with Gasteiger partial charge in [0.25, 0.3) is 0 Å². The molecule has 0 saturated carbocycles. The van der Waals surface area contributed by atoms with Gasteiger partial charge in [0, 0.05) is 12.7 Å². The molecule has 7 heteroatoms. The Morgan fingerprint density at radius 3 is 2.87 bits per heavy atom. The third-order valence-electron chi connectivity index (χ3n) is 3.85. The quantitative estimate of drug-likeness (QED) is 0.734. The number of aliphatic hydroxyl groups is 1. The fourth-order valence-corrected chi connectivity index (χ4v) is 2.55. The Bertz CT molecular complexity index is 668. The van der Waals surface area contributed by atoms with Gasteiger partial charge in [0.15, 0.2) is 0 Å². The van der Waals surface area contributed by atoms with Gasteiger partial charge in [-0.2, -0.15) is 5.10 Å². The number of aromatic nitrogens is 2. The maximum absolute atomic E-state index is 12.0. The van der Waals surface area contributed by atoms with E-state index in [0.29, 0.717) is 19.5 Å². The lowest BCUT2D eigenvalue weighted by Gasteiger charge is -2.09. The van der Waals surface area contributed by atoms with E-state index in [1.807, 2.05) is 36.5 Å². The summed E-state index contributed by atoms with van der Waals surface area (Å²) in [6.45, 7) is 0.820. The number of nitrogens with one attached hydrogen (secondary N) is 2. The summed E-state index contributed by atoms with van der Waals surface area (Å²) < 4.78 is 6.88. The molecule has 1 aliphatic rings. The number of carbonyl (C=O) groups excluding carboxylic acids is 1. The molecule has 2 aromatic rings. The summed E-state index contributed by atoms with van der Waals surface area (Å²) in [5, 5.41) is 19.7. The zero-order chi connectivity index (χ0) is 16.2. The summed E-state index contributed by atoms with van der Waals surface area (Å²) in [5.41, 5.74) is 1.69. The van der Waals surface area contributed by atoms with Crippen LogP contribution < -0.4 is 15.4 Å². The topological polar surface area (TPSA) is 88.4 Å². The van der Waals surface area contributed by atoms with Gasteiger partial charge in [0.05, 0.1) is 37.2 Å². The van der Waals surface area contributed by atoms with Gasteiger partial charge < -0.3 is 20.5 Å². The van der Waals surface area contributed by atoms with Gasteiger partial charge >= 0.3 is 0 Å². The minimum absolute atomic E-state index is 0.111. The van der Waals surface area contributed by atoms with Crippen molar-refractivity contribution in [2.75, 3.05) is 13.7 Å². The van der Waals surface area contributed by atoms with Crippen LogP contribution in [-0.2, 0) is 11.3 Å². The highest BCUT2D eigenvalue weighted by Crippen LogP contribution is 2.14. The van der Waals surface area contributed by atoms with E-state index in [0.717, 1.165) is 17.1 Å². The predicted octanol–water partition coefficient (Wildman–Crippen LogP) is 0.220. The first-order valence-corrected chi connectivity index (χ1v) is 7.54. The van der Waals surface area contributed by atoms with Crippen molar-refractivity contribution in [1.82, 2.24) is 20.4 Å². The number of benzene rings is 1. The Kier molecular flexibility index (Phi) is 4.59. The number of ether oxygens (including phenoxy) is 1. The van der Waals surface area contributed by atoms with Crippen LogP contribution in [-0.4, -0.2) is 46.6 Å². The fourth-order valence-electron chi connectivity index (χ4n) is 2.55. The number of aliphatic hydroxyl groups excluding tert-OH is 1. The van der Waals surface area contributed by atoms with Crippen LogP contribution in [0.4, 0.5) is 0 Å². The molecule has 2 unspecified atom stereocenters. The molecule has 23 heavy (non-hydrogen) atoms. The van der Waals surface area contributed by atoms with Crippen LogP contribution in [0.2, 0.25) is 0 Å². The minimum Gasteiger partial charge on any atom is -0.497 e. The SMILES string of the molecule is COc1ccc(-n2ccc(CNC(=O)C3CC(O)CN3)n2)cc1. The molecule has 1 aliphatic heterocycles. The van der Waals surface area contributed by atoms with Gasteiger partial charge in [0.2, 0.25) is 5.91 Å². The Hall–Kier alpha value is -2.38. The van der Waals surface area contributed by atoms with Crippen LogP contribution in [0, 0.1) is 0 Å². The second-order valence-corrected chi connectivity index (χ2v) is 5.52. The van der Waals surface area contributed by atoms with Crippen molar-refractivity contribution in [3.63, 3.8) is 0 Å². The van der Waals surface area contributed by atoms with Gasteiger partial charge in [-0.05, 0) is 36.8 Å². The minimum atomic E-state index is -0.444. The average molecular weight is 316 g/mol. The summed E-state index contributed by atoms with van der Waals surface area (Å²) >= 11 is 0. The number of amides is 1. The number of carbonyl (C=O) groups is 1. The summed E-state index contributed by atoms with van der Waals surface area (Å²) in [4.78, 5) is 12.0. The number of β-amino-alcohol motifs (C(OH)–C–C–N with tert-alkyl or cyclic N) is 1. The lowest BCUT2D eigenvalue weighted by Crippen LogP contribution is -2.40. The Balaban J connectivity index is 1.57. The molecule has 2 heterocycles. The van der Waals surface area contributed by atoms with Crippen molar-refractivity contribution < 1.29 is 14.6 Å². The van der Waals surface area contributed by atoms with Gasteiger partial charge in [-0.1, -0.05) is 0 Å². The first kappa shape index (κ1) is 15.5. The molecule has 0 radical (unpaired) electrons. The summed E-state index contributed by atoms with van der Waals surface area (Å²) in [5.74, 6) is 0.681. The fraction of sp³-hybridized carbons (Fsp3) is 0.375. The maximum atomic E-state index is 12.0. The number of methoxy groups -OCH3 is 1. The van der Waals surface area contributed by atoms with Crippen molar-refractivity contribution >= 4 is 5.91 Å². The van der Waals surface area contributed by atoms with E-state index in [-0.39, 0.29) is 11.9 Å². The van der Waals surface area contributed by atoms with Gasteiger partial charge in [-0.25, -0.2) is 4.68 Å². The average Bonchev–Trinajstić information content (AvgIpc) is 3.22. The second kappa shape index (κ2) is 6.80. The molecule has 3 N–H and O–H groups in total. The number of rotatable bonds is 5. The van der Waals surface area contributed by atoms with Crippen molar-refractivity contribution in [3.8, 4) is 11.4 Å². The molecule has 0 spiro atoms. The number of hydrogen-bond donors (Lipinski definition) is 3. The molecule has 1 aromatic carbocycles. The molecule has 3 rings (SSSR count). The van der Waals surface area contributed by atoms with Gasteiger partial charge in [-0.3, -0.25) is 4.79 Å². The van der Waals surface area contributed by atoms with Crippen molar-refractivity contribution in [2.45, 2.75) is 25.1 Å². The lowest BCUT2D eigenvalue weighted by atomic mass is 10.2. The Morgan fingerprint density at radius 2 is 2.22 bits per heavy atom. The van der Waals surface area contributed by atoms with Gasteiger partial charge in [0.1, 0.15) is 5.75 Å². The van der Waals surface area contributed by atoms with Crippen molar-refractivity contribution in [1.29, 1.82) is 0 Å². The van der Waals surface area contributed by atoms with Crippen LogP contribution in [0.25, 0.3) is 5.69 Å². The van der Waals surface area contributed by atoms with E-state index < -0.39 is 6.10 Å². The molecule has 0 aliphatic carbocycles. The van der Waals surface area contributed by atoms with Crippen molar-refractivity contribution in [2.24, 2.45) is 0 Å². The molecule has 1 saturated heterocycles. The molecule has 0 bridgehead atoms. The summed E-state index contributed by atoms with van der Waals surface area (Å²) in [6, 6.07) is 9.11. The molecule has 1 aromatic heterocycles. The molecule has 2 atom stereocenters. The normalized spacial score (nSPS) is 20.4. The number of nitrogens with zero attached hydrogens (tertiary/aromatic N) is 2. The van der Waals surface area contributed by atoms with E-state index in [2.05, 4.69) is 15.7 Å². The van der Waals surface area contributed by atoms with Crippen LogP contribution in [0.5, 0.6) is 5.75 Å². The van der Waals surface area contributed by atoms with Crippen LogP contribution >= 0.6 is 0 Å². The first-order valence-electron chi connectivity index (χ1n) is 7.54. The highest BCUT2D eigenvalue weighted by Gasteiger charge is 2.27. The highest BCUT2D eigenvalue weighted by atomic mass is 16.5. The smallest absolute Gasteiger partial charge is 0.237 e. The molecule has 1 amide bonds. The standard InChI is InChI=1S/C16H20N4O3/c1-23-14-4-2-12(3-5-14)20-7-6-11(19-20)9-18-16(22)15-8-13(21)10-17-15/h2-7,13,15,17,21H,8-10H2,1H3,(H,18,22). The zero-order valence-corrected chi connectivity index (χ0v) is 12.9. The zero-order valence-electron chi connectivity index (χ0n) is 12.9. The monoisotopic (exact) mass is 316 g/mol. The summed E-state index contributed by atoms with van der Waals surface area (Å²) in [6.07, 6.45) is 1.85. The summed E-state index contributed by atoms with van der Waals surface area (Å²) in [7, 11) is 1.63. The van der Waals surface area contributed by atoms with Crippen LogP contribution in [0.3, 0.4) is 0 Å². The van der Waals surface area contributed by atoms with E-state index in [4.69, 9.17) is 4.74 Å². The van der Waals surface area contributed by atoms with E-state index in [9.17, 15) is 9.90 Å². The molecular formula is C16H20N4O3. The first-order chi connectivity index (χ1) is 11.2. The lowest BCUT2D eigenvalue weighted by molar-refractivity contribution is -0.123. The molecule has 122 valence electrons. The highest BCUT2D eigenvalue weighted by molar-refractivity contribution is 5.82. The third kappa shape index (κ3) is 3.69. The predicted molar refractivity (Wildman–Crippen MR) is 84.4 cm³/mol. The van der Waals surface area contributed by atoms with E-state index >= 15 is 0 Å². The Morgan fingerprint density at radius 1 is 1.43 bits per heavy atom. The number of hydrogen-bond acceptors (Lipinski definition) is 5. The Labute approximate surface area is 134 Å².